The summed E-state index contributed by atoms with van der Waals surface area (Å²) < 4.78 is 4.83. The molecule has 1 heterocycles. The molecule has 0 amide bonds. The molecule has 0 aromatic heterocycles. The normalized spacial score (nSPS) is 19.9. The van der Waals surface area contributed by atoms with Crippen molar-refractivity contribution >= 4 is 29.2 Å². The van der Waals surface area contributed by atoms with Crippen molar-refractivity contribution < 1.29 is 9.53 Å². The SMILES string of the molecule is COC(=O)C1CCCN(CCc2cc(Cl)cc(Cl)c2)C1. The van der Waals surface area contributed by atoms with Crippen LogP contribution in [-0.4, -0.2) is 37.6 Å². The lowest BCUT2D eigenvalue weighted by Gasteiger charge is -2.31. The second kappa shape index (κ2) is 7.30. The average Bonchev–Trinajstić information content (AvgIpc) is 2.43. The minimum atomic E-state index is -0.0968. The molecule has 0 bridgehead atoms. The van der Waals surface area contributed by atoms with Gasteiger partial charge in [-0.1, -0.05) is 23.2 Å². The Kier molecular flexibility index (Phi) is 5.70. The Balaban J connectivity index is 1.88. The number of hydrogen-bond acceptors (Lipinski definition) is 3. The second-order valence-electron chi connectivity index (χ2n) is 5.19. The number of esters is 1. The molecule has 0 N–H and O–H groups in total. The molecule has 20 heavy (non-hydrogen) atoms. The van der Waals surface area contributed by atoms with Crippen LogP contribution >= 0.6 is 23.2 Å². The molecule has 1 fully saturated rings. The van der Waals surface area contributed by atoms with Crippen molar-refractivity contribution in [1.82, 2.24) is 4.90 Å². The van der Waals surface area contributed by atoms with Crippen LogP contribution < -0.4 is 0 Å². The van der Waals surface area contributed by atoms with Gasteiger partial charge in [0.1, 0.15) is 0 Å². The summed E-state index contributed by atoms with van der Waals surface area (Å²) in [5.41, 5.74) is 1.13. The standard InChI is InChI=1S/C15H19Cl2NO2/c1-20-15(19)12-3-2-5-18(10-12)6-4-11-7-13(16)9-14(17)8-11/h7-9,12H,2-6,10H2,1H3. The van der Waals surface area contributed by atoms with E-state index in [1.165, 1.54) is 7.11 Å². The van der Waals surface area contributed by atoms with Crippen molar-refractivity contribution in [3.8, 4) is 0 Å². The van der Waals surface area contributed by atoms with Crippen LogP contribution in [0.15, 0.2) is 18.2 Å². The van der Waals surface area contributed by atoms with Crippen molar-refractivity contribution in [2.45, 2.75) is 19.3 Å². The molecule has 0 spiro atoms. The van der Waals surface area contributed by atoms with Gasteiger partial charge in [-0.05, 0) is 49.6 Å². The highest BCUT2D eigenvalue weighted by Crippen LogP contribution is 2.21. The van der Waals surface area contributed by atoms with Crippen molar-refractivity contribution in [1.29, 1.82) is 0 Å². The second-order valence-corrected chi connectivity index (χ2v) is 6.06. The Bertz CT molecular complexity index is 459. The zero-order chi connectivity index (χ0) is 14.5. The number of likely N-dealkylation sites (tertiary alicyclic amines) is 1. The number of nitrogens with zero attached hydrogens (tertiary/aromatic N) is 1. The summed E-state index contributed by atoms with van der Waals surface area (Å²) >= 11 is 12.0. The van der Waals surface area contributed by atoms with E-state index in [2.05, 4.69) is 4.90 Å². The first-order chi connectivity index (χ1) is 9.58. The van der Waals surface area contributed by atoms with Crippen LogP contribution in [0.1, 0.15) is 18.4 Å². The van der Waals surface area contributed by atoms with E-state index in [0.717, 1.165) is 44.5 Å². The molecule has 1 aromatic carbocycles. The molecule has 0 radical (unpaired) electrons. The van der Waals surface area contributed by atoms with Gasteiger partial charge in [-0.15, -0.1) is 0 Å². The quantitative estimate of drug-likeness (QED) is 0.797. The molecule has 1 atom stereocenters. The smallest absolute Gasteiger partial charge is 0.309 e. The predicted octanol–water partition coefficient (Wildman–Crippen LogP) is 3.42. The molecule has 1 aliphatic rings. The Hall–Kier alpha value is -0.770. The van der Waals surface area contributed by atoms with Gasteiger partial charge in [-0.25, -0.2) is 0 Å². The lowest BCUT2D eigenvalue weighted by Crippen LogP contribution is -2.40. The summed E-state index contributed by atoms with van der Waals surface area (Å²) in [4.78, 5) is 13.9. The summed E-state index contributed by atoms with van der Waals surface area (Å²) in [5.74, 6) is -0.0859. The van der Waals surface area contributed by atoms with Gasteiger partial charge in [0, 0.05) is 23.1 Å². The fraction of sp³-hybridized carbons (Fsp3) is 0.533. The molecule has 1 unspecified atom stereocenters. The Morgan fingerprint density at radius 2 is 2.05 bits per heavy atom. The van der Waals surface area contributed by atoms with Crippen molar-refractivity contribution in [3.05, 3.63) is 33.8 Å². The van der Waals surface area contributed by atoms with Crippen LogP contribution in [0, 0.1) is 5.92 Å². The minimum absolute atomic E-state index is 0.0108. The first kappa shape index (κ1) is 15.6. The Morgan fingerprint density at radius 1 is 1.35 bits per heavy atom. The molecule has 3 nitrogen and oxygen atoms in total. The molecule has 5 heteroatoms. The van der Waals surface area contributed by atoms with Crippen molar-refractivity contribution in [2.24, 2.45) is 5.92 Å². The van der Waals surface area contributed by atoms with Crippen LogP contribution in [0.5, 0.6) is 0 Å². The minimum Gasteiger partial charge on any atom is -0.469 e. The lowest BCUT2D eigenvalue weighted by atomic mass is 9.98. The number of hydrogen-bond donors (Lipinski definition) is 0. The van der Waals surface area contributed by atoms with Crippen LogP contribution in [0.25, 0.3) is 0 Å². The number of carbonyl (C=O) groups excluding carboxylic acids is 1. The van der Waals surface area contributed by atoms with Crippen LogP contribution in [0.4, 0.5) is 0 Å². The van der Waals surface area contributed by atoms with E-state index in [-0.39, 0.29) is 11.9 Å². The van der Waals surface area contributed by atoms with Crippen molar-refractivity contribution in [2.75, 3.05) is 26.7 Å². The van der Waals surface area contributed by atoms with Crippen molar-refractivity contribution in [3.63, 3.8) is 0 Å². The molecular weight excluding hydrogens is 297 g/mol. The zero-order valence-electron chi connectivity index (χ0n) is 11.6. The van der Waals surface area contributed by atoms with Gasteiger partial charge in [-0.2, -0.15) is 0 Å². The maximum absolute atomic E-state index is 11.6. The number of piperidine rings is 1. The summed E-state index contributed by atoms with van der Waals surface area (Å²) in [6.45, 7) is 2.72. The van der Waals surface area contributed by atoms with Gasteiger partial charge < -0.3 is 9.64 Å². The number of benzene rings is 1. The van der Waals surface area contributed by atoms with Gasteiger partial charge in [0.25, 0.3) is 0 Å². The third-order valence-corrected chi connectivity index (χ3v) is 4.12. The molecular formula is C15H19Cl2NO2. The highest BCUT2D eigenvalue weighted by molar-refractivity contribution is 6.34. The van der Waals surface area contributed by atoms with E-state index >= 15 is 0 Å². The first-order valence-corrected chi connectivity index (χ1v) is 7.59. The predicted molar refractivity (Wildman–Crippen MR) is 81.3 cm³/mol. The van der Waals surface area contributed by atoms with Crippen LogP contribution in [0.3, 0.4) is 0 Å². The van der Waals surface area contributed by atoms with Gasteiger partial charge >= 0.3 is 5.97 Å². The van der Waals surface area contributed by atoms with Crippen LogP contribution in [-0.2, 0) is 16.0 Å². The van der Waals surface area contributed by atoms with E-state index in [1.807, 2.05) is 12.1 Å². The maximum Gasteiger partial charge on any atom is 0.309 e. The van der Waals surface area contributed by atoms with E-state index in [4.69, 9.17) is 27.9 Å². The summed E-state index contributed by atoms with van der Waals surface area (Å²) in [6, 6.07) is 5.62. The number of methoxy groups -OCH3 is 1. The van der Waals surface area contributed by atoms with Gasteiger partial charge in [0.2, 0.25) is 0 Å². The monoisotopic (exact) mass is 315 g/mol. The molecule has 1 aromatic rings. The average molecular weight is 316 g/mol. The highest BCUT2D eigenvalue weighted by Gasteiger charge is 2.26. The fourth-order valence-corrected chi connectivity index (χ4v) is 3.23. The molecule has 2 rings (SSSR count). The zero-order valence-corrected chi connectivity index (χ0v) is 13.1. The molecule has 0 saturated carbocycles. The highest BCUT2D eigenvalue weighted by atomic mass is 35.5. The summed E-state index contributed by atoms with van der Waals surface area (Å²) in [7, 11) is 1.45. The van der Waals surface area contributed by atoms with Gasteiger partial charge in [0.05, 0.1) is 13.0 Å². The molecule has 110 valence electrons. The third kappa shape index (κ3) is 4.37. The first-order valence-electron chi connectivity index (χ1n) is 6.83. The molecule has 1 aliphatic heterocycles. The van der Waals surface area contributed by atoms with E-state index < -0.39 is 0 Å². The summed E-state index contributed by atoms with van der Waals surface area (Å²) in [5, 5.41) is 1.33. The maximum atomic E-state index is 11.6. The van der Waals surface area contributed by atoms with E-state index in [1.54, 1.807) is 6.07 Å². The fourth-order valence-electron chi connectivity index (χ4n) is 2.66. The van der Waals surface area contributed by atoms with Gasteiger partial charge in [-0.3, -0.25) is 4.79 Å². The Labute approximate surface area is 129 Å². The van der Waals surface area contributed by atoms with Crippen LogP contribution in [0.2, 0.25) is 10.0 Å². The number of ether oxygens (including phenoxy) is 1. The topological polar surface area (TPSA) is 29.5 Å². The molecule has 1 saturated heterocycles. The number of carbonyl (C=O) groups is 1. The molecule has 0 aliphatic carbocycles. The lowest BCUT2D eigenvalue weighted by molar-refractivity contribution is -0.147. The third-order valence-electron chi connectivity index (χ3n) is 3.68. The van der Waals surface area contributed by atoms with Gasteiger partial charge in [0.15, 0.2) is 0 Å². The number of halogens is 2. The number of rotatable bonds is 4. The summed E-state index contributed by atoms with van der Waals surface area (Å²) in [6.07, 6.45) is 2.84. The van der Waals surface area contributed by atoms with E-state index in [0.29, 0.717) is 10.0 Å². The van der Waals surface area contributed by atoms with E-state index in [9.17, 15) is 4.79 Å². The largest absolute Gasteiger partial charge is 0.469 e. The Morgan fingerprint density at radius 3 is 2.70 bits per heavy atom.